The van der Waals surface area contributed by atoms with Crippen LogP contribution in [0.25, 0.3) is 16.6 Å². The molecule has 1 aliphatic rings. The summed E-state index contributed by atoms with van der Waals surface area (Å²) in [4.78, 5) is 18.8. The Balaban J connectivity index is 1.94. The van der Waals surface area contributed by atoms with Gasteiger partial charge in [-0.2, -0.15) is 0 Å². The number of thiazole rings is 1. The van der Waals surface area contributed by atoms with Crippen molar-refractivity contribution in [2.24, 2.45) is 0 Å². The lowest BCUT2D eigenvalue weighted by molar-refractivity contribution is -0.110. The van der Waals surface area contributed by atoms with Gasteiger partial charge in [-0.3, -0.25) is 9.20 Å². The smallest absolute Gasteiger partial charge is 0.256 e. The van der Waals surface area contributed by atoms with Crippen molar-refractivity contribution in [3.05, 3.63) is 46.2 Å². The van der Waals surface area contributed by atoms with E-state index < -0.39 is 0 Å². The summed E-state index contributed by atoms with van der Waals surface area (Å²) in [6.07, 6.45) is 3.85. The van der Waals surface area contributed by atoms with Gasteiger partial charge in [-0.15, -0.1) is 11.3 Å². The molecule has 0 spiro atoms. The summed E-state index contributed by atoms with van der Waals surface area (Å²) in [6.45, 7) is 3.96. The van der Waals surface area contributed by atoms with Crippen LogP contribution in [0, 0.1) is 13.8 Å². The monoisotopic (exact) mass is 311 g/mol. The lowest BCUT2D eigenvalue weighted by Gasteiger charge is -2.00. The van der Waals surface area contributed by atoms with E-state index in [-0.39, 0.29) is 11.7 Å². The minimum atomic E-state index is -0.165. The molecule has 6 heteroatoms. The number of rotatable bonds is 1. The fourth-order valence-corrected chi connectivity index (χ4v) is 3.59. The normalized spacial score (nSPS) is 15.5. The topological polar surface area (TPSA) is 66.6 Å². The van der Waals surface area contributed by atoms with Crippen molar-refractivity contribution in [2.45, 2.75) is 13.8 Å². The number of aryl methyl sites for hydroxylation is 2. The molecule has 4 rings (SSSR count). The maximum absolute atomic E-state index is 12.2. The average molecular weight is 311 g/mol. The number of amides is 1. The maximum Gasteiger partial charge on any atom is 0.256 e. The van der Waals surface area contributed by atoms with E-state index in [0.717, 1.165) is 21.2 Å². The van der Waals surface area contributed by atoms with Crippen LogP contribution in [0.5, 0.6) is 5.75 Å². The van der Waals surface area contributed by atoms with Gasteiger partial charge >= 0.3 is 0 Å². The Morgan fingerprint density at radius 1 is 1.36 bits per heavy atom. The predicted octanol–water partition coefficient (Wildman–Crippen LogP) is 3.21. The van der Waals surface area contributed by atoms with Gasteiger partial charge in [-0.25, -0.2) is 4.98 Å². The van der Waals surface area contributed by atoms with Gasteiger partial charge in [-0.1, -0.05) is 0 Å². The predicted molar refractivity (Wildman–Crippen MR) is 87.2 cm³/mol. The van der Waals surface area contributed by atoms with Crippen LogP contribution < -0.4 is 5.32 Å². The molecule has 22 heavy (non-hydrogen) atoms. The molecule has 3 heterocycles. The van der Waals surface area contributed by atoms with E-state index in [0.29, 0.717) is 16.8 Å². The number of imidazole rings is 1. The van der Waals surface area contributed by atoms with Crippen LogP contribution in [0.3, 0.4) is 0 Å². The molecule has 1 amide bonds. The van der Waals surface area contributed by atoms with Crippen molar-refractivity contribution in [1.29, 1.82) is 0 Å². The average Bonchev–Trinajstić information content (AvgIpc) is 3.04. The maximum atomic E-state index is 12.2. The van der Waals surface area contributed by atoms with E-state index >= 15 is 0 Å². The molecule has 5 nitrogen and oxygen atoms in total. The minimum absolute atomic E-state index is 0.141. The first-order chi connectivity index (χ1) is 10.5. The van der Waals surface area contributed by atoms with E-state index in [4.69, 9.17) is 0 Å². The van der Waals surface area contributed by atoms with Crippen LogP contribution in [0.2, 0.25) is 0 Å². The number of carbonyl (C=O) groups is 1. The lowest BCUT2D eigenvalue weighted by atomic mass is 10.1. The molecule has 0 atom stereocenters. The summed E-state index contributed by atoms with van der Waals surface area (Å²) < 4.78 is 2.00. The van der Waals surface area contributed by atoms with E-state index in [1.165, 1.54) is 0 Å². The first kappa shape index (κ1) is 13.1. The minimum Gasteiger partial charge on any atom is -0.508 e. The van der Waals surface area contributed by atoms with E-state index in [2.05, 4.69) is 10.3 Å². The molecular formula is C16H13N3O2S. The van der Waals surface area contributed by atoms with E-state index in [9.17, 15) is 9.90 Å². The Morgan fingerprint density at radius 2 is 2.18 bits per heavy atom. The van der Waals surface area contributed by atoms with Gasteiger partial charge in [0.2, 0.25) is 0 Å². The summed E-state index contributed by atoms with van der Waals surface area (Å²) in [5, 5.41) is 12.5. The number of nitrogens with zero attached hydrogens (tertiary/aromatic N) is 2. The van der Waals surface area contributed by atoms with Crippen molar-refractivity contribution < 1.29 is 9.90 Å². The van der Waals surface area contributed by atoms with Crippen LogP contribution in [0.4, 0.5) is 5.69 Å². The number of nitrogens with one attached hydrogen (secondary N) is 1. The second-order valence-electron chi connectivity index (χ2n) is 5.32. The highest BCUT2D eigenvalue weighted by Crippen LogP contribution is 2.36. The molecule has 110 valence electrons. The fraction of sp³-hybridized carbons (Fsp3) is 0.125. The number of aromatic hydroxyl groups is 1. The molecule has 1 aliphatic heterocycles. The number of phenols is 1. The zero-order valence-electron chi connectivity index (χ0n) is 12.0. The summed E-state index contributed by atoms with van der Waals surface area (Å²) in [5.74, 6) is -0.0235. The molecule has 0 aliphatic carbocycles. The van der Waals surface area contributed by atoms with Crippen molar-refractivity contribution in [3.8, 4) is 5.75 Å². The van der Waals surface area contributed by atoms with E-state index in [1.807, 2.05) is 30.5 Å². The van der Waals surface area contributed by atoms with E-state index in [1.54, 1.807) is 29.5 Å². The van der Waals surface area contributed by atoms with Crippen LogP contribution in [-0.4, -0.2) is 20.4 Å². The third-order valence-electron chi connectivity index (χ3n) is 3.73. The first-order valence-electron chi connectivity index (χ1n) is 6.84. The van der Waals surface area contributed by atoms with Gasteiger partial charge in [0.1, 0.15) is 5.75 Å². The van der Waals surface area contributed by atoms with Gasteiger partial charge in [-0.05, 0) is 38.1 Å². The number of hydrogen-bond donors (Lipinski definition) is 2. The molecule has 0 saturated heterocycles. The number of anilines is 1. The second-order valence-corrected chi connectivity index (χ2v) is 6.53. The number of fused-ring (bicyclic) bond motifs is 2. The first-order valence-corrected chi connectivity index (χ1v) is 7.66. The van der Waals surface area contributed by atoms with Crippen LogP contribution in [0.15, 0.2) is 24.4 Å². The third kappa shape index (κ3) is 1.84. The number of phenolic OH excluding ortho intramolecular Hbond substituents is 1. The molecule has 2 aromatic heterocycles. The summed E-state index contributed by atoms with van der Waals surface area (Å²) in [6, 6.07) is 4.87. The number of hydrogen-bond acceptors (Lipinski definition) is 4. The highest BCUT2D eigenvalue weighted by Gasteiger charge is 2.25. The zero-order chi connectivity index (χ0) is 15.4. The van der Waals surface area contributed by atoms with Crippen LogP contribution in [-0.2, 0) is 4.79 Å². The molecular weight excluding hydrogens is 298 g/mol. The highest BCUT2D eigenvalue weighted by molar-refractivity contribution is 7.17. The molecule has 0 bridgehead atoms. The molecule has 0 radical (unpaired) electrons. The van der Waals surface area contributed by atoms with Gasteiger partial charge in [0, 0.05) is 22.3 Å². The van der Waals surface area contributed by atoms with Crippen molar-refractivity contribution >= 4 is 39.5 Å². The van der Waals surface area contributed by atoms with Crippen molar-refractivity contribution in [2.75, 3.05) is 5.32 Å². The number of aromatic nitrogens is 2. The van der Waals surface area contributed by atoms with Crippen molar-refractivity contribution in [1.82, 2.24) is 9.38 Å². The Kier molecular flexibility index (Phi) is 2.65. The fourth-order valence-electron chi connectivity index (χ4n) is 2.71. The summed E-state index contributed by atoms with van der Waals surface area (Å²) in [7, 11) is 0. The molecule has 0 fully saturated rings. The molecule has 2 N–H and O–H groups in total. The molecule has 3 aromatic rings. The number of benzene rings is 1. The van der Waals surface area contributed by atoms with Crippen molar-refractivity contribution in [3.63, 3.8) is 0 Å². The summed E-state index contributed by atoms with van der Waals surface area (Å²) >= 11 is 1.62. The standard InChI is InChI=1S/C16H13N3O2S/c1-8-7-19-14(9(2)17-16(19)22-8)6-12-11-5-10(20)3-4-13(11)18-15(12)21/h3-7,20H,1-2H3,(H,18,21)/b12-6+. The van der Waals surface area contributed by atoms with Gasteiger partial charge in [0.05, 0.1) is 17.0 Å². The molecule has 0 unspecified atom stereocenters. The quantitative estimate of drug-likeness (QED) is 0.536. The molecule has 1 aromatic carbocycles. The SMILES string of the molecule is Cc1cn2c(/C=C3/C(=O)Nc4ccc(O)cc43)c(C)nc2s1. The van der Waals surface area contributed by atoms with Gasteiger partial charge in [0.15, 0.2) is 4.96 Å². The highest BCUT2D eigenvalue weighted by atomic mass is 32.1. The molecule has 0 saturated carbocycles. The van der Waals surface area contributed by atoms with Crippen LogP contribution >= 0.6 is 11.3 Å². The Morgan fingerprint density at radius 3 is 3.00 bits per heavy atom. The largest absolute Gasteiger partial charge is 0.508 e. The van der Waals surface area contributed by atoms with Crippen LogP contribution in [0.1, 0.15) is 21.8 Å². The Labute approximate surface area is 130 Å². The van der Waals surface area contributed by atoms with Gasteiger partial charge < -0.3 is 10.4 Å². The summed E-state index contributed by atoms with van der Waals surface area (Å²) in [5.41, 5.74) is 3.74. The zero-order valence-corrected chi connectivity index (χ0v) is 12.9. The Hall–Kier alpha value is -2.60. The lowest BCUT2D eigenvalue weighted by Crippen LogP contribution is -2.03. The number of carbonyl (C=O) groups excluding carboxylic acids is 1. The Bertz CT molecular complexity index is 965. The second kappa shape index (κ2) is 4.45. The van der Waals surface area contributed by atoms with Gasteiger partial charge in [0.25, 0.3) is 5.91 Å². The third-order valence-corrected chi connectivity index (χ3v) is 4.63.